The maximum absolute atomic E-state index is 11.8. The summed E-state index contributed by atoms with van der Waals surface area (Å²) in [5.74, 6) is -0.102. The average Bonchev–Trinajstić information content (AvgIpc) is 2.62. The first-order chi connectivity index (χ1) is 12.1. The molecule has 0 aliphatic rings. The number of hydrogen-bond donors (Lipinski definition) is 1. The van der Waals surface area contributed by atoms with Gasteiger partial charge in [-0.3, -0.25) is 9.59 Å². The predicted molar refractivity (Wildman–Crippen MR) is 99.1 cm³/mol. The Bertz CT molecular complexity index is 733. The van der Waals surface area contributed by atoms with Gasteiger partial charge in [0.2, 0.25) is 0 Å². The maximum Gasteiger partial charge on any atom is 0.309 e. The molecule has 0 atom stereocenters. The van der Waals surface area contributed by atoms with Crippen LogP contribution in [0.2, 0.25) is 0 Å². The zero-order chi connectivity index (χ0) is 18.1. The Morgan fingerprint density at radius 3 is 2.68 bits per heavy atom. The number of anilines is 1. The highest BCUT2D eigenvalue weighted by Gasteiger charge is 2.09. The summed E-state index contributed by atoms with van der Waals surface area (Å²) in [7, 11) is 0. The summed E-state index contributed by atoms with van der Waals surface area (Å²) < 4.78 is 10.5. The molecule has 25 heavy (non-hydrogen) atoms. The van der Waals surface area contributed by atoms with Crippen LogP contribution in [0.15, 0.2) is 53.4 Å². The molecular weight excluding hydrogens is 338 g/mol. The number of nitrogens with one attached hydrogen (secondary N) is 1. The van der Waals surface area contributed by atoms with E-state index in [4.69, 9.17) is 9.47 Å². The van der Waals surface area contributed by atoms with Gasteiger partial charge in [0.05, 0.1) is 13.0 Å². The van der Waals surface area contributed by atoms with Crippen LogP contribution in [-0.4, -0.2) is 31.3 Å². The van der Waals surface area contributed by atoms with Crippen LogP contribution in [0.1, 0.15) is 12.0 Å². The molecule has 0 unspecified atom stereocenters. The molecule has 2 rings (SSSR count). The van der Waals surface area contributed by atoms with Gasteiger partial charge >= 0.3 is 5.97 Å². The number of ether oxygens (including phenoxy) is 2. The van der Waals surface area contributed by atoms with E-state index in [0.29, 0.717) is 5.69 Å². The van der Waals surface area contributed by atoms with E-state index in [-0.39, 0.29) is 25.5 Å². The lowest BCUT2D eigenvalue weighted by Crippen LogP contribution is -2.21. The number of amides is 1. The van der Waals surface area contributed by atoms with Gasteiger partial charge < -0.3 is 14.8 Å². The zero-order valence-electron chi connectivity index (χ0n) is 14.3. The first kappa shape index (κ1) is 18.9. The van der Waals surface area contributed by atoms with Crippen molar-refractivity contribution in [2.75, 3.05) is 24.8 Å². The molecule has 0 fully saturated rings. The van der Waals surface area contributed by atoms with Crippen molar-refractivity contribution in [3.05, 3.63) is 54.1 Å². The van der Waals surface area contributed by atoms with Crippen molar-refractivity contribution in [2.45, 2.75) is 18.2 Å². The van der Waals surface area contributed by atoms with E-state index in [0.717, 1.165) is 16.2 Å². The molecule has 0 heterocycles. The topological polar surface area (TPSA) is 64.6 Å². The van der Waals surface area contributed by atoms with Crippen LogP contribution in [0.5, 0.6) is 5.75 Å². The number of carbonyl (C=O) groups is 2. The number of esters is 1. The third-order valence-electron chi connectivity index (χ3n) is 3.38. The van der Waals surface area contributed by atoms with Gasteiger partial charge in [-0.25, -0.2) is 0 Å². The highest BCUT2D eigenvalue weighted by Crippen LogP contribution is 2.19. The summed E-state index contributed by atoms with van der Waals surface area (Å²) >= 11 is 1.59. The number of rotatable bonds is 8. The van der Waals surface area contributed by atoms with Crippen LogP contribution >= 0.6 is 11.8 Å². The van der Waals surface area contributed by atoms with E-state index in [2.05, 4.69) is 5.32 Å². The van der Waals surface area contributed by atoms with Gasteiger partial charge in [-0.05, 0) is 43.0 Å². The summed E-state index contributed by atoms with van der Waals surface area (Å²) in [6, 6.07) is 15.0. The molecule has 0 saturated carbocycles. The van der Waals surface area contributed by atoms with Crippen LogP contribution in [0.25, 0.3) is 0 Å². The summed E-state index contributed by atoms with van der Waals surface area (Å²) in [4.78, 5) is 24.6. The zero-order valence-corrected chi connectivity index (χ0v) is 15.1. The Morgan fingerprint density at radius 2 is 1.92 bits per heavy atom. The predicted octanol–water partition coefficient (Wildman–Crippen LogP) is 3.67. The number of hydrogen-bond acceptors (Lipinski definition) is 5. The average molecular weight is 359 g/mol. The van der Waals surface area contributed by atoms with Gasteiger partial charge in [-0.15, -0.1) is 11.8 Å². The van der Waals surface area contributed by atoms with E-state index in [1.165, 1.54) is 0 Å². The Hall–Kier alpha value is -2.47. The Kier molecular flexibility index (Phi) is 7.35. The molecule has 0 spiro atoms. The monoisotopic (exact) mass is 359 g/mol. The number of aryl methyl sites for hydroxylation is 1. The van der Waals surface area contributed by atoms with Gasteiger partial charge in [-0.1, -0.05) is 24.3 Å². The molecular formula is C19H21NO4S. The van der Waals surface area contributed by atoms with Gasteiger partial charge in [0.1, 0.15) is 5.75 Å². The van der Waals surface area contributed by atoms with Crippen molar-refractivity contribution in [1.82, 2.24) is 0 Å². The minimum Gasteiger partial charge on any atom is -0.493 e. The molecule has 6 heteroatoms. The molecule has 1 amide bonds. The molecule has 0 saturated heterocycles. The third-order valence-corrected chi connectivity index (χ3v) is 4.10. The van der Waals surface area contributed by atoms with Crippen LogP contribution in [0, 0.1) is 6.92 Å². The molecule has 1 N–H and O–H groups in total. The molecule has 0 bridgehead atoms. The number of benzene rings is 2. The van der Waals surface area contributed by atoms with Crippen molar-refractivity contribution >= 4 is 29.3 Å². The van der Waals surface area contributed by atoms with E-state index in [9.17, 15) is 9.59 Å². The van der Waals surface area contributed by atoms with E-state index in [1.807, 2.05) is 55.6 Å². The minimum atomic E-state index is -0.471. The Labute approximate surface area is 151 Å². The Balaban J connectivity index is 1.68. The smallest absolute Gasteiger partial charge is 0.309 e. The second-order valence-electron chi connectivity index (χ2n) is 5.30. The summed E-state index contributed by atoms with van der Waals surface area (Å²) in [6.45, 7) is 1.83. The lowest BCUT2D eigenvalue weighted by atomic mass is 10.2. The SMILES string of the molecule is CSc1cccc(NC(=O)COC(=O)CCOc2ccccc2C)c1. The van der Waals surface area contributed by atoms with Gasteiger partial charge in [0, 0.05) is 10.6 Å². The van der Waals surface area contributed by atoms with E-state index in [1.54, 1.807) is 17.8 Å². The van der Waals surface area contributed by atoms with E-state index < -0.39 is 5.97 Å². The normalized spacial score (nSPS) is 10.2. The summed E-state index contributed by atoms with van der Waals surface area (Å²) in [5.41, 5.74) is 1.68. The second kappa shape index (κ2) is 9.74. The molecule has 132 valence electrons. The molecule has 2 aromatic rings. The lowest BCUT2D eigenvalue weighted by molar-refractivity contribution is -0.147. The lowest BCUT2D eigenvalue weighted by Gasteiger charge is -2.09. The van der Waals surface area contributed by atoms with Gasteiger partial charge in [0.25, 0.3) is 5.91 Å². The highest BCUT2D eigenvalue weighted by atomic mass is 32.2. The quantitative estimate of drug-likeness (QED) is 0.575. The first-order valence-electron chi connectivity index (χ1n) is 7.86. The largest absolute Gasteiger partial charge is 0.493 e. The highest BCUT2D eigenvalue weighted by molar-refractivity contribution is 7.98. The molecule has 0 radical (unpaired) electrons. The molecule has 0 aliphatic carbocycles. The summed E-state index contributed by atoms with van der Waals surface area (Å²) in [6.07, 6.45) is 2.05. The standard InChI is InChI=1S/C19H21NO4S/c1-14-6-3-4-9-17(14)23-11-10-19(22)24-13-18(21)20-15-7-5-8-16(12-15)25-2/h3-9,12H,10-11,13H2,1-2H3,(H,20,21). The molecule has 0 aliphatic heterocycles. The number of carbonyl (C=O) groups excluding carboxylic acids is 2. The van der Waals surface area contributed by atoms with Crippen LogP contribution < -0.4 is 10.1 Å². The minimum absolute atomic E-state index is 0.0869. The van der Waals surface area contributed by atoms with Crippen molar-refractivity contribution in [3.8, 4) is 5.75 Å². The van der Waals surface area contributed by atoms with Crippen molar-refractivity contribution in [1.29, 1.82) is 0 Å². The van der Waals surface area contributed by atoms with Gasteiger partial charge in [0.15, 0.2) is 6.61 Å². The second-order valence-corrected chi connectivity index (χ2v) is 6.18. The van der Waals surface area contributed by atoms with Crippen LogP contribution in [-0.2, 0) is 14.3 Å². The number of para-hydroxylation sites is 1. The third kappa shape index (κ3) is 6.51. The number of thioether (sulfide) groups is 1. The fourth-order valence-electron chi connectivity index (χ4n) is 2.08. The first-order valence-corrected chi connectivity index (χ1v) is 9.09. The van der Waals surface area contributed by atoms with Crippen LogP contribution in [0.3, 0.4) is 0 Å². The fraction of sp³-hybridized carbons (Fsp3) is 0.263. The van der Waals surface area contributed by atoms with Crippen molar-refractivity contribution in [3.63, 3.8) is 0 Å². The van der Waals surface area contributed by atoms with E-state index >= 15 is 0 Å². The van der Waals surface area contributed by atoms with Gasteiger partial charge in [-0.2, -0.15) is 0 Å². The Morgan fingerprint density at radius 1 is 1.12 bits per heavy atom. The molecule has 2 aromatic carbocycles. The molecule has 0 aromatic heterocycles. The van der Waals surface area contributed by atoms with Crippen molar-refractivity contribution < 1.29 is 19.1 Å². The van der Waals surface area contributed by atoms with Crippen molar-refractivity contribution in [2.24, 2.45) is 0 Å². The maximum atomic E-state index is 11.8. The van der Waals surface area contributed by atoms with Crippen LogP contribution in [0.4, 0.5) is 5.69 Å². The fourth-order valence-corrected chi connectivity index (χ4v) is 2.54. The summed E-state index contributed by atoms with van der Waals surface area (Å²) in [5, 5.41) is 2.70. The molecule has 5 nitrogen and oxygen atoms in total.